The van der Waals surface area contributed by atoms with E-state index in [9.17, 15) is 9.90 Å². The molecule has 3 rings (SSSR count). The van der Waals surface area contributed by atoms with Crippen molar-refractivity contribution in [1.82, 2.24) is 9.97 Å². The van der Waals surface area contributed by atoms with E-state index in [2.05, 4.69) is 20.6 Å². The number of nitrogens with one attached hydrogen (secondary N) is 2. The summed E-state index contributed by atoms with van der Waals surface area (Å²) >= 11 is 0. The van der Waals surface area contributed by atoms with Crippen molar-refractivity contribution in [1.29, 1.82) is 0 Å². The molecule has 1 aromatic rings. The molecule has 5 N–H and O–H groups in total. The summed E-state index contributed by atoms with van der Waals surface area (Å²) in [7, 11) is 0. The number of anilines is 2. The number of carbonyl (C=O) groups excluding carboxylic acids is 1. The van der Waals surface area contributed by atoms with Gasteiger partial charge in [-0.25, -0.2) is 4.98 Å². The normalized spacial score (nSPS) is 29.1. The number of amides is 1. The third-order valence-electron chi connectivity index (χ3n) is 4.69. The van der Waals surface area contributed by atoms with Gasteiger partial charge in [0, 0.05) is 18.8 Å². The van der Waals surface area contributed by atoms with Crippen molar-refractivity contribution in [3.63, 3.8) is 0 Å². The first-order valence-electron chi connectivity index (χ1n) is 8.56. The quantitative estimate of drug-likeness (QED) is 0.583. The summed E-state index contributed by atoms with van der Waals surface area (Å²) in [6, 6.07) is 0.155. The van der Waals surface area contributed by atoms with Crippen LogP contribution in [-0.4, -0.2) is 51.9 Å². The maximum absolute atomic E-state index is 11.6. The fraction of sp³-hybridized carbons (Fsp3) is 0.688. The number of aliphatic hydroxyl groups excluding tert-OH is 1. The Morgan fingerprint density at radius 2 is 2.21 bits per heavy atom. The summed E-state index contributed by atoms with van der Waals surface area (Å²) in [6.07, 6.45) is 5.66. The lowest BCUT2D eigenvalue weighted by Gasteiger charge is -2.35. The van der Waals surface area contributed by atoms with E-state index in [0.29, 0.717) is 17.9 Å². The van der Waals surface area contributed by atoms with Gasteiger partial charge in [-0.15, -0.1) is 0 Å². The summed E-state index contributed by atoms with van der Waals surface area (Å²) in [4.78, 5) is 20.2. The smallest absolute Gasteiger partial charge is 0.254 e. The van der Waals surface area contributed by atoms with Crippen LogP contribution >= 0.6 is 0 Å². The molecule has 24 heavy (non-hydrogen) atoms. The molecular formula is C16H25N5O3. The first-order chi connectivity index (χ1) is 11.6. The average molecular weight is 335 g/mol. The first-order valence-corrected chi connectivity index (χ1v) is 8.56. The zero-order valence-electron chi connectivity index (χ0n) is 13.9. The minimum Gasteiger partial charge on any atom is -0.391 e. The molecule has 1 heterocycles. The molecule has 1 amide bonds. The molecular weight excluding hydrogens is 310 g/mol. The van der Waals surface area contributed by atoms with Gasteiger partial charge in [0.1, 0.15) is 5.82 Å². The summed E-state index contributed by atoms with van der Waals surface area (Å²) in [5, 5.41) is 16.4. The van der Waals surface area contributed by atoms with Gasteiger partial charge in [0.15, 0.2) is 0 Å². The predicted octanol–water partition coefficient (Wildman–Crippen LogP) is 0.880. The number of nitrogens with zero attached hydrogens (tertiary/aromatic N) is 2. The summed E-state index contributed by atoms with van der Waals surface area (Å²) < 4.78 is 5.54. The molecule has 0 radical (unpaired) electrons. The van der Waals surface area contributed by atoms with Gasteiger partial charge in [0.05, 0.1) is 23.8 Å². The van der Waals surface area contributed by atoms with Gasteiger partial charge < -0.3 is 26.2 Å². The SMILES string of the molecule is CCO[C@H]1C[C@H](Nc2ncc(C(N)=O)c(N[C@H]3CCC[C@@H]3O)n2)C1. The second-order valence-electron chi connectivity index (χ2n) is 6.46. The molecule has 0 spiro atoms. The number of nitrogens with two attached hydrogens (primary N) is 1. The van der Waals surface area contributed by atoms with E-state index in [0.717, 1.165) is 38.7 Å². The van der Waals surface area contributed by atoms with Crippen molar-refractivity contribution in [2.24, 2.45) is 5.73 Å². The van der Waals surface area contributed by atoms with Gasteiger partial charge in [0.25, 0.3) is 5.91 Å². The predicted molar refractivity (Wildman–Crippen MR) is 89.9 cm³/mol. The Hall–Kier alpha value is -1.93. The van der Waals surface area contributed by atoms with Crippen LogP contribution in [0, 0.1) is 0 Å². The van der Waals surface area contributed by atoms with Crippen molar-refractivity contribution in [2.75, 3.05) is 17.2 Å². The van der Waals surface area contributed by atoms with Crippen LogP contribution in [0.25, 0.3) is 0 Å². The van der Waals surface area contributed by atoms with Crippen molar-refractivity contribution in [3.8, 4) is 0 Å². The largest absolute Gasteiger partial charge is 0.391 e. The Bertz CT molecular complexity index is 591. The van der Waals surface area contributed by atoms with E-state index in [1.165, 1.54) is 6.20 Å². The standard InChI is InChI=1S/C16H25N5O3/c1-2-24-10-6-9(7-10)19-16-18-8-11(14(17)23)15(21-16)20-12-4-3-5-13(12)22/h8-10,12-13,22H,2-7H2,1H3,(H2,17,23)(H2,18,19,20,21)/t9-,10-,12-,13-/m0/s1. The summed E-state index contributed by atoms with van der Waals surface area (Å²) in [5.41, 5.74) is 5.64. The number of rotatable bonds is 7. The van der Waals surface area contributed by atoms with Crippen LogP contribution in [0.1, 0.15) is 49.4 Å². The number of ether oxygens (including phenoxy) is 1. The average Bonchev–Trinajstić information content (AvgIpc) is 2.90. The Morgan fingerprint density at radius 3 is 2.83 bits per heavy atom. The molecule has 132 valence electrons. The van der Waals surface area contributed by atoms with Crippen LogP contribution in [-0.2, 0) is 4.74 Å². The van der Waals surface area contributed by atoms with E-state index in [1.807, 2.05) is 6.92 Å². The molecule has 2 saturated carbocycles. The number of hydrogen-bond acceptors (Lipinski definition) is 7. The summed E-state index contributed by atoms with van der Waals surface area (Å²) in [6.45, 7) is 2.71. The third-order valence-corrected chi connectivity index (χ3v) is 4.69. The number of aromatic nitrogens is 2. The maximum atomic E-state index is 11.6. The minimum atomic E-state index is -0.586. The monoisotopic (exact) mass is 335 g/mol. The molecule has 1 aromatic heterocycles. The molecule has 0 bridgehead atoms. The van der Waals surface area contributed by atoms with Crippen molar-refractivity contribution in [2.45, 2.75) is 63.3 Å². The summed E-state index contributed by atoms with van der Waals surface area (Å²) in [5.74, 6) is 0.248. The highest BCUT2D eigenvalue weighted by molar-refractivity contribution is 5.97. The van der Waals surface area contributed by atoms with Gasteiger partial charge >= 0.3 is 0 Å². The van der Waals surface area contributed by atoms with Gasteiger partial charge in [-0.3, -0.25) is 4.79 Å². The second kappa shape index (κ2) is 7.31. The molecule has 8 heteroatoms. The lowest BCUT2D eigenvalue weighted by Crippen LogP contribution is -2.41. The zero-order chi connectivity index (χ0) is 17.1. The zero-order valence-corrected chi connectivity index (χ0v) is 13.9. The van der Waals surface area contributed by atoms with Crippen LogP contribution in [0.2, 0.25) is 0 Å². The van der Waals surface area contributed by atoms with Crippen molar-refractivity contribution in [3.05, 3.63) is 11.8 Å². The van der Waals surface area contributed by atoms with E-state index in [1.54, 1.807) is 0 Å². The van der Waals surface area contributed by atoms with Gasteiger partial charge in [-0.05, 0) is 39.0 Å². The van der Waals surface area contributed by atoms with Crippen LogP contribution in [0.15, 0.2) is 6.20 Å². The fourth-order valence-electron chi connectivity index (χ4n) is 3.26. The highest BCUT2D eigenvalue weighted by atomic mass is 16.5. The topological polar surface area (TPSA) is 122 Å². The molecule has 8 nitrogen and oxygen atoms in total. The number of hydrogen-bond donors (Lipinski definition) is 4. The minimum absolute atomic E-state index is 0.114. The van der Waals surface area contributed by atoms with Crippen LogP contribution in [0.3, 0.4) is 0 Å². The fourth-order valence-corrected chi connectivity index (χ4v) is 3.26. The van der Waals surface area contributed by atoms with E-state index in [-0.39, 0.29) is 17.6 Å². The van der Waals surface area contributed by atoms with E-state index in [4.69, 9.17) is 10.5 Å². The highest BCUT2D eigenvalue weighted by Gasteiger charge is 2.31. The van der Waals surface area contributed by atoms with Crippen LogP contribution in [0.5, 0.6) is 0 Å². The second-order valence-corrected chi connectivity index (χ2v) is 6.46. The molecule has 2 aliphatic rings. The van der Waals surface area contributed by atoms with Crippen molar-refractivity contribution < 1.29 is 14.6 Å². The molecule has 2 fully saturated rings. The third kappa shape index (κ3) is 3.76. The van der Waals surface area contributed by atoms with Crippen molar-refractivity contribution >= 4 is 17.7 Å². The van der Waals surface area contributed by atoms with Gasteiger partial charge in [-0.2, -0.15) is 4.98 Å². The first kappa shape index (κ1) is 16.9. The Kier molecular flexibility index (Phi) is 5.15. The highest BCUT2D eigenvalue weighted by Crippen LogP contribution is 2.27. The molecule has 0 unspecified atom stereocenters. The molecule has 2 atom stereocenters. The Labute approximate surface area is 141 Å². The molecule has 2 aliphatic carbocycles. The number of carbonyl (C=O) groups is 1. The van der Waals surface area contributed by atoms with Gasteiger partial charge in [0.2, 0.25) is 5.95 Å². The lowest BCUT2D eigenvalue weighted by atomic mass is 9.89. The van der Waals surface area contributed by atoms with Gasteiger partial charge in [-0.1, -0.05) is 0 Å². The molecule has 0 aliphatic heterocycles. The number of primary amides is 1. The molecule has 0 saturated heterocycles. The lowest BCUT2D eigenvalue weighted by molar-refractivity contribution is 0.00285. The van der Waals surface area contributed by atoms with E-state index < -0.39 is 12.0 Å². The van der Waals surface area contributed by atoms with E-state index >= 15 is 0 Å². The van der Waals surface area contributed by atoms with Crippen LogP contribution < -0.4 is 16.4 Å². The Balaban J connectivity index is 1.68. The Morgan fingerprint density at radius 1 is 1.42 bits per heavy atom. The van der Waals surface area contributed by atoms with Crippen LogP contribution in [0.4, 0.5) is 11.8 Å². The number of aliphatic hydroxyl groups is 1. The maximum Gasteiger partial charge on any atom is 0.254 e. The molecule has 0 aromatic carbocycles.